The van der Waals surface area contributed by atoms with Gasteiger partial charge in [-0.1, -0.05) is 23.7 Å². The minimum Gasteiger partial charge on any atom is -0.396 e. The number of urea groups is 1. The molecule has 0 radical (unpaired) electrons. The van der Waals surface area contributed by atoms with Gasteiger partial charge in [0.2, 0.25) is 16.0 Å². The first-order chi connectivity index (χ1) is 14.6. The number of amides is 3. The van der Waals surface area contributed by atoms with Crippen molar-refractivity contribution in [2.45, 2.75) is 44.3 Å². The maximum absolute atomic E-state index is 13.3. The van der Waals surface area contributed by atoms with Gasteiger partial charge < -0.3 is 14.9 Å². The highest BCUT2D eigenvalue weighted by Crippen LogP contribution is 2.29. The number of aliphatic imine (C=N–C) groups is 1. The zero-order valence-corrected chi connectivity index (χ0v) is 19.1. The second-order valence-electron chi connectivity index (χ2n) is 7.72. The Morgan fingerprint density at radius 1 is 1.23 bits per heavy atom. The molecule has 31 heavy (non-hydrogen) atoms. The highest BCUT2D eigenvalue weighted by atomic mass is 35.5. The number of aliphatic hydroxyl groups excluding tert-OH is 1. The van der Waals surface area contributed by atoms with Crippen LogP contribution in [-0.2, 0) is 21.4 Å². The largest absolute Gasteiger partial charge is 0.396 e. The molecule has 2 atom stereocenters. The summed E-state index contributed by atoms with van der Waals surface area (Å²) in [5, 5.41) is 8.96. The van der Waals surface area contributed by atoms with Gasteiger partial charge in [-0.3, -0.25) is 14.4 Å². The molecule has 2 aliphatic heterocycles. The zero-order valence-electron chi connectivity index (χ0n) is 17.5. The van der Waals surface area contributed by atoms with Gasteiger partial charge in [-0.05, 0) is 38.0 Å². The zero-order chi connectivity index (χ0) is 22.9. The number of aliphatic hydroxyl groups is 1. The van der Waals surface area contributed by atoms with E-state index in [0.29, 0.717) is 5.02 Å². The molecular weight excluding hydrogens is 446 g/mol. The van der Waals surface area contributed by atoms with E-state index >= 15 is 0 Å². The van der Waals surface area contributed by atoms with E-state index in [1.807, 2.05) is 0 Å². The Labute approximate surface area is 186 Å². The summed E-state index contributed by atoms with van der Waals surface area (Å²) >= 11 is 5.96. The summed E-state index contributed by atoms with van der Waals surface area (Å²) in [5.74, 6) is -0.478. The van der Waals surface area contributed by atoms with Gasteiger partial charge in [0.25, 0.3) is 5.91 Å². The number of carbonyl (C=O) groups excluding carboxylic acids is 2. The number of nitrogens with zero attached hydrogens (tertiary/aromatic N) is 4. The second kappa shape index (κ2) is 9.01. The number of sulfonamides is 1. The number of nitrogens with one attached hydrogen (secondary N) is 1. The first-order valence-electron chi connectivity index (χ1n) is 9.86. The standard InChI is InChI=1S/C19H26ClN5O5S/c1-12(2)31(29,30)22-18-21-16-15(25(18)11-13-5-7-14(20)8-6-13)17(27)24(9-4-10-26)19(28)23(16)3/h5-8,12,15-16,26H,4,9-11H2,1-3H3,(H,21,22). The molecule has 3 rings (SSSR count). The molecule has 1 saturated heterocycles. The van der Waals surface area contributed by atoms with E-state index in [0.717, 1.165) is 10.5 Å². The smallest absolute Gasteiger partial charge is 0.328 e. The van der Waals surface area contributed by atoms with Crippen molar-refractivity contribution >= 4 is 39.5 Å². The Morgan fingerprint density at radius 2 is 1.87 bits per heavy atom. The maximum Gasteiger partial charge on any atom is 0.328 e. The van der Waals surface area contributed by atoms with E-state index in [2.05, 4.69) is 9.71 Å². The van der Waals surface area contributed by atoms with E-state index in [4.69, 9.17) is 16.7 Å². The Morgan fingerprint density at radius 3 is 2.45 bits per heavy atom. The number of benzene rings is 1. The summed E-state index contributed by atoms with van der Waals surface area (Å²) in [6.07, 6.45) is -0.629. The third-order valence-electron chi connectivity index (χ3n) is 5.25. The number of carbonyl (C=O) groups is 2. The van der Waals surface area contributed by atoms with Crippen LogP contribution >= 0.6 is 11.6 Å². The maximum atomic E-state index is 13.3. The Hall–Kier alpha value is -2.37. The highest BCUT2D eigenvalue weighted by molar-refractivity contribution is 7.90. The molecule has 0 saturated carbocycles. The fourth-order valence-corrected chi connectivity index (χ4v) is 4.19. The summed E-state index contributed by atoms with van der Waals surface area (Å²) in [5.41, 5.74) is 0.788. The molecule has 1 aromatic carbocycles. The minimum absolute atomic E-state index is 0.00987. The summed E-state index contributed by atoms with van der Waals surface area (Å²) in [6.45, 7) is 3.14. The number of likely N-dealkylation sites (N-methyl/N-ethyl adjacent to an activating group) is 1. The van der Waals surface area contributed by atoms with E-state index in [-0.39, 0.29) is 32.1 Å². The van der Waals surface area contributed by atoms with Crippen LogP contribution in [-0.4, -0.2) is 83.8 Å². The third-order valence-corrected chi connectivity index (χ3v) is 7.21. The average molecular weight is 472 g/mol. The molecule has 10 nitrogen and oxygen atoms in total. The van der Waals surface area contributed by atoms with Crippen LogP contribution in [0.3, 0.4) is 0 Å². The van der Waals surface area contributed by atoms with Crippen molar-refractivity contribution in [2.75, 3.05) is 20.2 Å². The number of imide groups is 1. The van der Waals surface area contributed by atoms with Crippen molar-refractivity contribution in [3.8, 4) is 0 Å². The van der Waals surface area contributed by atoms with Gasteiger partial charge in [-0.2, -0.15) is 0 Å². The van der Waals surface area contributed by atoms with E-state index in [1.165, 1.54) is 25.8 Å². The Bertz CT molecular complexity index is 982. The second-order valence-corrected chi connectivity index (χ2v) is 10.4. The SMILES string of the molecule is CC(C)S(=O)(=O)NC1=NC2C(C(=O)N(CCCO)C(=O)N2C)N1Cc1ccc(Cl)cc1. The summed E-state index contributed by atoms with van der Waals surface area (Å²) in [7, 11) is -2.22. The lowest BCUT2D eigenvalue weighted by Crippen LogP contribution is -2.65. The van der Waals surface area contributed by atoms with Gasteiger partial charge >= 0.3 is 6.03 Å². The molecule has 1 fully saturated rings. The normalized spacial score (nSPS) is 21.6. The number of hydrogen-bond acceptors (Lipinski definition) is 7. The first-order valence-corrected chi connectivity index (χ1v) is 11.8. The average Bonchev–Trinajstić information content (AvgIpc) is 3.05. The van der Waals surface area contributed by atoms with Crippen LogP contribution < -0.4 is 4.72 Å². The Kier molecular flexibility index (Phi) is 6.77. The number of rotatable bonds is 7. The van der Waals surface area contributed by atoms with Crippen molar-refractivity contribution in [1.29, 1.82) is 0 Å². The van der Waals surface area contributed by atoms with Crippen LogP contribution in [0.1, 0.15) is 25.8 Å². The van der Waals surface area contributed by atoms with Gasteiger partial charge in [0.05, 0.1) is 5.25 Å². The predicted octanol–water partition coefficient (Wildman–Crippen LogP) is 0.811. The van der Waals surface area contributed by atoms with Gasteiger partial charge in [0, 0.05) is 31.8 Å². The summed E-state index contributed by atoms with van der Waals surface area (Å²) in [6, 6.07) is 5.51. The van der Waals surface area contributed by atoms with E-state index in [9.17, 15) is 18.0 Å². The quantitative estimate of drug-likeness (QED) is 0.606. The van der Waals surface area contributed by atoms with Crippen molar-refractivity contribution < 1.29 is 23.1 Å². The Balaban J connectivity index is 1.99. The number of hydrogen-bond donors (Lipinski definition) is 2. The molecule has 2 aliphatic rings. The van der Waals surface area contributed by atoms with E-state index < -0.39 is 39.4 Å². The van der Waals surface area contributed by atoms with Crippen LogP contribution in [0.5, 0.6) is 0 Å². The van der Waals surface area contributed by atoms with Gasteiger partial charge in [-0.25, -0.2) is 18.2 Å². The lowest BCUT2D eigenvalue weighted by atomic mass is 10.1. The highest BCUT2D eigenvalue weighted by Gasteiger charge is 2.52. The lowest BCUT2D eigenvalue weighted by Gasteiger charge is -2.41. The van der Waals surface area contributed by atoms with Gasteiger partial charge in [0.15, 0.2) is 12.2 Å². The number of halogens is 1. The van der Waals surface area contributed by atoms with Crippen LogP contribution in [0.4, 0.5) is 4.79 Å². The summed E-state index contributed by atoms with van der Waals surface area (Å²) in [4.78, 5) is 34.3. The molecule has 2 N–H and O–H groups in total. The molecular formula is C19H26ClN5O5S. The molecule has 3 amide bonds. The van der Waals surface area contributed by atoms with Crippen molar-refractivity contribution in [3.05, 3.63) is 34.9 Å². The fourth-order valence-electron chi connectivity index (χ4n) is 3.40. The number of guanidine groups is 1. The molecule has 0 aliphatic carbocycles. The first kappa shape index (κ1) is 23.3. The minimum atomic E-state index is -3.74. The molecule has 2 unspecified atom stereocenters. The molecule has 12 heteroatoms. The third kappa shape index (κ3) is 4.63. The number of fused-ring (bicyclic) bond motifs is 1. The van der Waals surface area contributed by atoms with Crippen molar-refractivity contribution in [2.24, 2.45) is 4.99 Å². The van der Waals surface area contributed by atoms with Crippen molar-refractivity contribution in [3.63, 3.8) is 0 Å². The molecule has 2 heterocycles. The van der Waals surface area contributed by atoms with Gasteiger partial charge in [0.1, 0.15) is 0 Å². The topological polar surface area (TPSA) is 123 Å². The van der Waals surface area contributed by atoms with Crippen LogP contribution in [0.2, 0.25) is 5.02 Å². The molecule has 0 bridgehead atoms. The molecule has 0 spiro atoms. The summed E-state index contributed by atoms with van der Waals surface area (Å²) < 4.78 is 27.5. The van der Waals surface area contributed by atoms with E-state index in [1.54, 1.807) is 29.2 Å². The van der Waals surface area contributed by atoms with Crippen LogP contribution in [0.15, 0.2) is 29.3 Å². The van der Waals surface area contributed by atoms with Gasteiger partial charge in [-0.15, -0.1) is 0 Å². The fraction of sp³-hybridized carbons (Fsp3) is 0.526. The van der Waals surface area contributed by atoms with Crippen LogP contribution in [0, 0.1) is 0 Å². The lowest BCUT2D eigenvalue weighted by molar-refractivity contribution is -0.137. The predicted molar refractivity (Wildman–Crippen MR) is 116 cm³/mol. The van der Waals surface area contributed by atoms with Crippen LogP contribution in [0.25, 0.3) is 0 Å². The molecule has 170 valence electrons. The van der Waals surface area contributed by atoms with Crippen molar-refractivity contribution in [1.82, 2.24) is 19.4 Å². The molecule has 0 aromatic heterocycles. The molecule has 1 aromatic rings. The monoisotopic (exact) mass is 471 g/mol.